The van der Waals surface area contributed by atoms with Crippen LogP contribution in [0.3, 0.4) is 0 Å². The zero-order chi connectivity index (χ0) is 38.4. The number of pyridine rings is 2. The van der Waals surface area contributed by atoms with Gasteiger partial charge in [-0.05, 0) is 86.7 Å². The number of ether oxygens (including phenoxy) is 3. The van der Waals surface area contributed by atoms with Crippen LogP contribution in [0, 0.1) is 5.92 Å². The van der Waals surface area contributed by atoms with Crippen molar-refractivity contribution in [3.63, 3.8) is 0 Å². The van der Waals surface area contributed by atoms with Crippen molar-refractivity contribution in [3.05, 3.63) is 87.4 Å². The molecule has 2 aromatic heterocycles. The average molecular weight is 767 g/mol. The smallest absolute Gasteiger partial charge is 0.421 e. The third-order valence-electron chi connectivity index (χ3n) is 10.7. The zero-order valence-corrected chi connectivity index (χ0v) is 30.9. The van der Waals surface area contributed by atoms with E-state index in [2.05, 4.69) is 15.6 Å². The summed E-state index contributed by atoms with van der Waals surface area (Å²) in [6.45, 7) is 3.03. The Morgan fingerprint density at radius 1 is 0.944 bits per heavy atom. The summed E-state index contributed by atoms with van der Waals surface area (Å²) in [5, 5.41) is 26.3. The van der Waals surface area contributed by atoms with Gasteiger partial charge in [0.05, 0.1) is 30.5 Å². The van der Waals surface area contributed by atoms with Gasteiger partial charge in [0.1, 0.15) is 17.2 Å². The molecule has 0 unspecified atom stereocenters. The average Bonchev–Trinajstić information content (AvgIpc) is 3.82. The lowest BCUT2D eigenvalue weighted by Gasteiger charge is -2.41. The molecule has 2 saturated carbocycles. The number of methoxy groups -OCH3 is 2. The number of alkyl halides is 3. The van der Waals surface area contributed by atoms with Crippen LogP contribution in [0.1, 0.15) is 72.9 Å². The lowest BCUT2D eigenvalue weighted by atomic mass is 9.72. The van der Waals surface area contributed by atoms with Crippen LogP contribution < -0.4 is 24.8 Å². The third-order valence-corrected chi connectivity index (χ3v) is 11.1. The number of aliphatic carboxylic acids is 1. The normalized spacial score (nSPS) is 21.3. The molecule has 0 bridgehead atoms. The lowest BCUT2D eigenvalue weighted by Crippen LogP contribution is -2.44. The van der Waals surface area contributed by atoms with Crippen molar-refractivity contribution in [3.8, 4) is 40.0 Å². The first-order chi connectivity index (χ1) is 25.7. The molecule has 2 fully saturated rings. The maximum Gasteiger partial charge on any atom is 0.421 e. The van der Waals surface area contributed by atoms with Gasteiger partial charge in [0.2, 0.25) is 17.6 Å². The van der Waals surface area contributed by atoms with Gasteiger partial charge in [0.15, 0.2) is 0 Å². The minimum absolute atomic E-state index is 0.0757. The molecule has 0 aliphatic heterocycles. The first kappa shape index (κ1) is 37.9. The number of nitrogens with zero attached hydrogens (tertiary/aromatic N) is 2. The van der Waals surface area contributed by atoms with Gasteiger partial charge in [0.25, 0.3) is 0 Å². The maximum absolute atomic E-state index is 14.4. The summed E-state index contributed by atoms with van der Waals surface area (Å²) in [6.07, 6.45) is -2.27. The highest BCUT2D eigenvalue weighted by molar-refractivity contribution is 6.36. The Morgan fingerprint density at radius 2 is 1.63 bits per heavy atom. The topological polar surface area (TPSA) is 135 Å². The molecular weight excluding hydrogens is 725 g/mol. The van der Waals surface area contributed by atoms with Crippen LogP contribution in [0.2, 0.25) is 5.02 Å². The van der Waals surface area contributed by atoms with E-state index >= 15 is 0 Å². The Labute approximate surface area is 316 Å². The molecule has 10 nitrogen and oxygen atoms in total. The number of carbonyl (C=O) groups is 1. The Balaban J connectivity index is 1.12. The van der Waals surface area contributed by atoms with Gasteiger partial charge < -0.3 is 29.7 Å². The molecule has 4 aromatic rings. The molecule has 286 valence electrons. The fourth-order valence-corrected chi connectivity index (χ4v) is 8.03. The van der Waals surface area contributed by atoms with E-state index in [1.807, 2.05) is 55.5 Å². The minimum Gasteiger partial charge on any atom is -0.481 e. The van der Waals surface area contributed by atoms with Gasteiger partial charge in [-0.25, -0.2) is 4.98 Å². The molecule has 4 N–H and O–H groups in total. The third kappa shape index (κ3) is 7.59. The zero-order valence-electron chi connectivity index (χ0n) is 30.1. The molecule has 2 heterocycles. The van der Waals surface area contributed by atoms with Crippen LogP contribution in [-0.2, 0) is 30.5 Å². The van der Waals surface area contributed by atoms with Crippen LogP contribution in [0.25, 0.3) is 22.4 Å². The highest BCUT2D eigenvalue weighted by Gasteiger charge is 2.50. The number of fused-ring (bicyclic) bond motifs is 1. The van der Waals surface area contributed by atoms with E-state index in [1.165, 1.54) is 7.11 Å². The van der Waals surface area contributed by atoms with Gasteiger partial charge in [0, 0.05) is 35.3 Å². The molecule has 3 aliphatic rings. The fraction of sp³-hybridized carbons (Fsp3) is 0.425. The molecular formula is C40H42ClF3N4O6. The first-order valence-corrected chi connectivity index (χ1v) is 18.3. The highest BCUT2D eigenvalue weighted by atomic mass is 35.5. The van der Waals surface area contributed by atoms with E-state index < -0.39 is 40.8 Å². The van der Waals surface area contributed by atoms with Crippen molar-refractivity contribution in [2.45, 2.75) is 82.0 Å². The first-order valence-electron chi connectivity index (χ1n) is 17.9. The molecule has 54 heavy (non-hydrogen) atoms. The molecule has 1 atom stereocenters. The second kappa shape index (κ2) is 14.7. The van der Waals surface area contributed by atoms with Crippen molar-refractivity contribution in [2.24, 2.45) is 5.92 Å². The quantitative estimate of drug-likeness (QED) is 0.102. The second-order valence-corrected chi connectivity index (χ2v) is 15.1. The standard InChI is InChI=1S/C40H42ClF3N4O6/c1-38(51)17-22(18-38)19-45-20-23-10-12-31(47-34(23)52-2)29-9-5-8-28(33(29)41)25-6-4-7-27-26(25)11-13-32(27)54-36-30(40(42,43)44)16-24(35(48-36)53-3)21-46-39(14-15-39)37(49)50/h4-10,12,16,22,32,45-46,51H,11,13-15,17-21H2,1-3H3,(H,49,50)/t22?,32-,38?/m0/s1. The van der Waals surface area contributed by atoms with E-state index in [0.29, 0.717) is 60.3 Å². The molecule has 3 aliphatic carbocycles. The molecule has 2 aromatic carbocycles. The van der Waals surface area contributed by atoms with Crippen LogP contribution in [0.4, 0.5) is 13.2 Å². The lowest BCUT2D eigenvalue weighted by molar-refractivity contribution is -0.141. The predicted octanol–water partition coefficient (Wildman–Crippen LogP) is 7.52. The van der Waals surface area contributed by atoms with Crippen molar-refractivity contribution in [1.29, 1.82) is 0 Å². The number of carboxylic acids is 1. The van der Waals surface area contributed by atoms with Crippen molar-refractivity contribution < 1.29 is 42.4 Å². The van der Waals surface area contributed by atoms with E-state index in [9.17, 15) is 28.2 Å². The minimum atomic E-state index is -4.80. The summed E-state index contributed by atoms with van der Waals surface area (Å²) in [5.41, 5.74) is 2.72. The second-order valence-electron chi connectivity index (χ2n) is 14.7. The van der Waals surface area contributed by atoms with E-state index in [1.54, 1.807) is 7.11 Å². The summed E-state index contributed by atoms with van der Waals surface area (Å²) in [4.78, 5) is 20.6. The fourth-order valence-electron chi connectivity index (χ4n) is 7.71. The molecule has 0 radical (unpaired) electrons. The summed E-state index contributed by atoms with van der Waals surface area (Å²) < 4.78 is 60.4. The number of carboxylic acid groups (broad SMARTS) is 1. The highest BCUT2D eigenvalue weighted by Crippen LogP contribution is 2.46. The van der Waals surface area contributed by atoms with Crippen LogP contribution in [0.5, 0.6) is 17.6 Å². The Bertz CT molecular complexity index is 2060. The Kier molecular flexibility index (Phi) is 10.3. The van der Waals surface area contributed by atoms with Crippen LogP contribution >= 0.6 is 11.6 Å². The van der Waals surface area contributed by atoms with E-state index in [4.69, 9.17) is 30.8 Å². The van der Waals surface area contributed by atoms with Gasteiger partial charge in [-0.2, -0.15) is 18.2 Å². The Hall–Kier alpha value is -4.43. The number of benzene rings is 2. The number of aromatic nitrogens is 2. The van der Waals surface area contributed by atoms with Crippen molar-refractivity contribution in [1.82, 2.24) is 20.6 Å². The largest absolute Gasteiger partial charge is 0.481 e. The molecule has 0 spiro atoms. The number of halogens is 4. The number of nitrogens with one attached hydrogen (secondary N) is 2. The number of hydrogen-bond donors (Lipinski definition) is 4. The number of hydrogen-bond acceptors (Lipinski definition) is 9. The van der Waals surface area contributed by atoms with E-state index in [0.717, 1.165) is 53.3 Å². The van der Waals surface area contributed by atoms with Crippen molar-refractivity contribution in [2.75, 3.05) is 20.8 Å². The summed E-state index contributed by atoms with van der Waals surface area (Å²) >= 11 is 7.11. The van der Waals surface area contributed by atoms with Gasteiger partial charge in [-0.15, -0.1) is 0 Å². The Morgan fingerprint density at radius 3 is 2.30 bits per heavy atom. The number of rotatable bonds is 14. The number of aliphatic hydroxyl groups is 1. The van der Waals surface area contributed by atoms with Gasteiger partial charge in [-0.1, -0.05) is 54.1 Å². The predicted molar refractivity (Wildman–Crippen MR) is 196 cm³/mol. The molecule has 7 rings (SSSR count). The van der Waals surface area contributed by atoms with Gasteiger partial charge >= 0.3 is 12.1 Å². The SMILES string of the molecule is COc1nc(-c2cccc(-c3cccc4c3CC[C@@H]4Oc3nc(OC)c(CNC4(C(=O)O)CC4)cc3C(F)(F)F)c2Cl)ccc1CNCC1CC(C)(O)C1. The monoisotopic (exact) mass is 766 g/mol. The molecule has 0 saturated heterocycles. The van der Waals surface area contributed by atoms with Gasteiger partial charge in [-0.3, -0.25) is 10.1 Å². The summed E-state index contributed by atoms with van der Waals surface area (Å²) in [5.74, 6) is -0.839. The van der Waals surface area contributed by atoms with E-state index in [-0.39, 0.29) is 18.0 Å². The van der Waals surface area contributed by atoms with Crippen LogP contribution in [0.15, 0.2) is 54.6 Å². The summed E-state index contributed by atoms with van der Waals surface area (Å²) in [6, 6.07) is 16.0. The van der Waals surface area contributed by atoms with Crippen LogP contribution in [-0.4, -0.2) is 58.1 Å². The van der Waals surface area contributed by atoms with Crippen molar-refractivity contribution >= 4 is 17.6 Å². The maximum atomic E-state index is 14.4. The summed E-state index contributed by atoms with van der Waals surface area (Å²) in [7, 11) is 2.87. The molecule has 14 heteroatoms. The molecule has 0 amide bonds.